The zero-order valence-electron chi connectivity index (χ0n) is 6.26. The summed E-state index contributed by atoms with van der Waals surface area (Å²) in [5.74, 6) is -0.560. The van der Waals surface area contributed by atoms with E-state index in [9.17, 15) is 16.8 Å². The molecule has 0 aromatic carbocycles. The van der Waals surface area contributed by atoms with Crippen LogP contribution in [0.5, 0.6) is 0 Å². The normalized spacial score (nSPS) is 33.9. The van der Waals surface area contributed by atoms with E-state index < -0.39 is 38.0 Å². The van der Waals surface area contributed by atoms with Gasteiger partial charge in [0.1, 0.15) is 5.25 Å². The van der Waals surface area contributed by atoms with E-state index in [-0.39, 0.29) is 0 Å². The molecule has 1 atom stereocenters. The Labute approximate surface area is 70.7 Å². The summed E-state index contributed by atoms with van der Waals surface area (Å²) in [7, 11) is -7.52. The summed E-state index contributed by atoms with van der Waals surface area (Å²) in [5, 5.41) is -1.08. The molecule has 1 unspecified atom stereocenters. The second-order valence-corrected chi connectivity index (χ2v) is 6.09. The lowest BCUT2D eigenvalue weighted by molar-refractivity contribution is 0.137. The van der Waals surface area contributed by atoms with E-state index in [1.54, 1.807) is 0 Å². The highest BCUT2D eigenvalue weighted by Gasteiger charge is 2.32. The van der Waals surface area contributed by atoms with Crippen LogP contribution in [0.3, 0.4) is 0 Å². The van der Waals surface area contributed by atoms with Crippen LogP contribution in [0, 0.1) is 0 Å². The van der Waals surface area contributed by atoms with Crippen LogP contribution in [-0.4, -0.2) is 34.6 Å². The van der Waals surface area contributed by atoms with Crippen LogP contribution in [0.15, 0.2) is 0 Å². The van der Waals surface area contributed by atoms with E-state index >= 15 is 0 Å². The van der Waals surface area contributed by atoms with Gasteiger partial charge in [0, 0.05) is 0 Å². The highest BCUT2D eigenvalue weighted by Crippen LogP contribution is 2.13. The Balaban J connectivity index is 2.99. The summed E-state index contributed by atoms with van der Waals surface area (Å²) in [4.78, 5) is 0. The molecule has 0 radical (unpaired) electrons. The number of hydrogen-bond acceptors (Lipinski definition) is 6. The van der Waals surface area contributed by atoms with Gasteiger partial charge >= 0.3 is 0 Å². The maximum absolute atomic E-state index is 10.9. The first-order chi connectivity index (χ1) is 5.33. The molecule has 0 N–H and O–H groups in total. The third-order valence-corrected chi connectivity index (χ3v) is 4.52. The Morgan fingerprint density at radius 3 is 2.33 bits per heavy atom. The van der Waals surface area contributed by atoms with Gasteiger partial charge in [-0.15, -0.1) is 0 Å². The smallest absolute Gasteiger partial charge is 0.240 e. The van der Waals surface area contributed by atoms with Crippen LogP contribution in [0.25, 0.3) is 0 Å². The van der Waals surface area contributed by atoms with E-state index in [1.165, 1.54) is 6.92 Å². The van der Waals surface area contributed by atoms with Crippen LogP contribution >= 0.6 is 0 Å². The molecule has 6 nitrogen and oxygen atoms in total. The largest absolute Gasteiger partial charge is 0.273 e. The van der Waals surface area contributed by atoms with Crippen molar-refractivity contribution < 1.29 is 25.2 Å². The van der Waals surface area contributed by atoms with Gasteiger partial charge in [-0.25, -0.2) is 8.37 Å². The highest BCUT2D eigenvalue weighted by molar-refractivity contribution is 7.91. The second kappa shape index (κ2) is 2.95. The van der Waals surface area contributed by atoms with Crippen molar-refractivity contribution in [2.24, 2.45) is 0 Å². The molecular formula is C4H8O6S2. The fourth-order valence-electron chi connectivity index (χ4n) is 0.695. The van der Waals surface area contributed by atoms with Crippen molar-refractivity contribution >= 4 is 20.2 Å². The number of hydrogen-bond donors (Lipinski definition) is 0. The Bertz CT molecular complexity index is 351. The molecule has 72 valence electrons. The Hall–Kier alpha value is -0.180. The monoisotopic (exact) mass is 216 g/mol. The van der Waals surface area contributed by atoms with Gasteiger partial charge in [0.25, 0.3) is 20.2 Å². The molecule has 0 aromatic rings. The van der Waals surface area contributed by atoms with Gasteiger partial charge in [0.05, 0.1) is 5.75 Å². The minimum atomic E-state index is -3.77. The fraction of sp³-hybridized carbons (Fsp3) is 1.00. The molecule has 1 saturated heterocycles. The van der Waals surface area contributed by atoms with Gasteiger partial charge in [-0.2, -0.15) is 16.8 Å². The molecule has 0 aromatic heterocycles. The molecule has 0 bridgehead atoms. The van der Waals surface area contributed by atoms with Crippen molar-refractivity contribution in [3.8, 4) is 0 Å². The van der Waals surface area contributed by atoms with Gasteiger partial charge in [0.15, 0.2) is 6.79 Å². The minimum absolute atomic E-state index is 0.560. The molecule has 0 amide bonds. The molecule has 8 heteroatoms. The molecule has 0 spiro atoms. The third kappa shape index (κ3) is 2.16. The molecular weight excluding hydrogens is 208 g/mol. The lowest BCUT2D eigenvalue weighted by atomic mass is 10.6. The van der Waals surface area contributed by atoms with Crippen LogP contribution in [0.4, 0.5) is 0 Å². The van der Waals surface area contributed by atoms with Crippen LogP contribution < -0.4 is 0 Å². The molecule has 0 aliphatic carbocycles. The Kier molecular flexibility index (Phi) is 2.43. The fourth-order valence-corrected chi connectivity index (χ4v) is 3.20. The van der Waals surface area contributed by atoms with E-state index in [4.69, 9.17) is 0 Å². The standard InChI is InChI=1S/C4H8O6S2/c1-4-2-11(5,6)9-3-10-12(4,7)8/h4H,2-3H2,1H3. The van der Waals surface area contributed by atoms with Crippen molar-refractivity contribution in [3.63, 3.8) is 0 Å². The zero-order valence-corrected chi connectivity index (χ0v) is 7.89. The first-order valence-corrected chi connectivity index (χ1v) is 6.14. The molecule has 1 rings (SSSR count). The van der Waals surface area contributed by atoms with Crippen molar-refractivity contribution in [2.75, 3.05) is 12.5 Å². The highest BCUT2D eigenvalue weighted by atomic mass is 32.2. The van der Waals surface area contributed by atoms with Crippen LogP contribution in [0.1, 0.15) is 6.92 Å². The third-order valence-electron chi connectivity index (χ3n) is 1.37. The van der Waals surface area contributed by atoms with Crippen LogP contribution in [-0.2, 0) is 28.6 Å². The van der Waals surface area contributed by atoms with Crippen molar-refractivity contribution in [1.82, 2.24) is 0 Å². The topological polar surface area (TPSA) is 86.7 Å². The predicted octanol–water partition coefficient (Wildman–Crippen LogP) is -0.961. The summed E-state index contributed by atoms with van der Waals surface area (Å²) in [5.41, 5.74) is 0. The quantitative estimate of drug-likeness (QED) is 0.485. The maximum Gasteiger partial charge on any atom is 0.273 e. The first kappa shape index (κ1) is 9.90. The summed E-state index contributed by atoms with van der Waals surface area (Å²) in [6.45, 7) is 0.497. The molecule has 12 heavy (non-hydrogen) atoms. The van der Waals surface area contributed by atoms with Crippen LogP contribution in [0.2, 0.25) is 0 Å². The van der Waals surface area contributed by atoms with Gasteiger partial charge < -0.3 is 0 Å². The van der Waals surface area contributed by atoms with E-state index in [0.29, 0.717) is 0 Å². The van der Waals surface area contributed by atoms with Crippen molar-refractivity contribution in [3.05, 3.63) is 0 Å². The zero-order chi connectivity index (χ0) is 9.41. The number of rotatable bonds is 0. The van der Waals surface area contributed by atoms with Gasteiger partial charge in [-0.1, -0.05) is 0 Å². The van der Waals surface area contributed by atoms with Crippen molar-refractivity contribution in [1.29, 1.82) is 0 Å². The SMILES string of the molecule is CC1CS(=O)(=O)OCOS1(=O)=O. The van der Waals surface area contributed by atoms with Crippen molar-refractivity contribution in [2.45, 2.75) is 12.2 Å². The lowest BCUT2D eigenvalue weighted by Gasteiger charge is -2.03. The Morgan fingerprint density at radius 1 is 1.17 bits per heavy atom. The lowest BCUT2D eigenvalue weighted by Crippen LogP contribution is -2.24. The summed E-state index contributed by atoms with van der Waals surface area (Å²) < 4.78 is 51.8. The van der Waals surface area contributed by atoms with E-state index in [0.717, 1.165) is 0 Å². The average molecular weight is 216 g/mol. The summed E-state index contributed by atoms with van der Waals surface area (Å²) >= 11 is 0. The van der Waals surface area contributed by atoms with Gasteiger partial charge in [-0.05, 0) is 6.92 Å². The van der Waals surface area contributed by atoms with Gasteiger partial charge in [-0.3, -0.25) is 0 Å². The maximum atomic E-state index is 10.9. The average Bonchev–Trinajstić information content (AvgIpc) is 1.90. The molecule has 1 aliphatic rings. The second-order valence-electron chi connectivity index (χ2n) is 2.38. The first-order valence-electron chi connectivity index (χ1n) is 3.09. The summed E-state index contributed by atoms with van der Waals surface area (Å²) in [6, 6.07) is 0. The molecule has 1 heterocycles. The molecule has 1 aliphatic heterocycles. The van der Waals surface area contributed by atoms with E-state index in [1.807, 2.05) is 0 Å². The predicted molar refractivity (Wildman–Crippen MR) is 39.2 cm³/mol. The molecule has 1 fully saturated rings. The molecule has 0 saturated carbocycles. The van der Waals surface area contributed by atoms with Gasteiger partial charge in [0.2, 0.25) is 0 Å². The summed E-state index contributed by atoms with van der Waals surface area (Å²) in [6.07, 6.45) is 0. The van der Waals surface area contributed by atoms with E-state index in [2.05, 4.69) is 8.37 Å². The minimum Gasteiger partial charge on any atom is -0.240 e. The Morgan fingerprint density at radius 2 is 1.75 bits per heavy atom.